The number of aromatic nitrogens is 1. The standard InChI is InChI=1S/C45H39Cl2N5O5S2/c1-27-44(58-45(49-2)51-27)59(54)52-24-35-22-41-40(56-26-42(57-41)33-12-14-36(15-13-33)55-25-30-7-16-37(46)38(47)19-30)21-34(35)20-39(52)43(53)50-18-17-28-3-8-31(9-4-28)32-10-5-29(23-48)6-11-32/h3-16,19,21-22,39,42H,17-18,20,24-26H2,1-2H3,(H,49,51)(H,50,53)/t39?,42-,59?/m0/s1. The highest BCUT2D eigenvalue weighted by Crippen LogP contribution is 2.42. The van der Waals surface area contributed by atoms with Gasteiger partial charge in [-0.1, -0.05) is 89.1 Å². The molecule has 59 heavy (non-hydrogen) atoms. The number of carbonyl (C=O) groups is 1. The van der Waals surface area contributed by atoms with Crippen LogP contribution in [0.2, 0.25) is 10.0 Å². The fourth-order valence-electron chi connectivity index (χ4n) is 7.07. The second-order valence-corrected chi connectivity index (χ2v) is 17.7. The average molecular weight is 865 g/mol. The van der Waals surface area contributed by atoms with Crippen LogP contribution in [-0.4, -0.2) is 45.6 Å². The fourth-order valence-corrected chi connectivity index (χ4v) is 10.0. The van der Waals surface area contributed by atoms with Crippen LogP contribution in [0.3, 0.4) is 0 Å². The van der Waals surface area contributed by atoms with Crippen molar-refractivity contribution in [2.24, 2.45) is 0 Å². The van der Waals surface area contributed by atoms with E-state index in [1.165, 1.54) is 11.3 Å². The summed E-state index contributed by atoms with van der Waals surface area (Å²) in [6, 6.07) is 34.1. The van der Waals surface area contributed by atoms with Gasteiger partial charge in [-0.2, -0.15) is 5.26 Å². The summed E-state index contributed by atoms with van der Waals surface area (Å²) in [5, 5.41) is 16.9. The van der Waals surface area contributed by atoms with E-state index in [2.05, 4.69) is 21.7 Å². The minimum atomic E-state index is -1.67. The molecule has 2 aliphatic rings. The zero-order chi connectivity index (χ0) is 41.0. The van der Waals surface area contributed by atoms with E-state index in [4.69, 9.17) is 42.7 Å². The summed E-state index contributed by atoms with van der Waals surface area (Å²) in [5.41, 5.74) is 8.11. The first kappa shape index (κ1) is 40.4. The number of ether oxygens (including phenoxy) is 3. The Morgan fingerprint density at radius 2 is 1.66 bits per heavy atom. The molecule has 2 aliphatic heterocycles. The second-order valence-electron chi connectivity index (χ2n) is 14.2. The van der Waals surface area contributed by atoms with Crippen molar-refractivity contribution < 1.29 is 23.2 Å². The van der Waals surface area contributed by atoms with E-state index in [1.807, 2.05) is 85.8 Å². The number of anilines is 1. The van der Waals surface area contributed by atoms with Gasteiger partial charge in [-0.05, 0) is 107 Å². The molecule has 0 radical (unpaired) electrons. The van der Waals surface area contributed by atoms with Crippen molar-refractivity contribution in [2.45, 2.75) is 49.3 Å². The van der Waals surface area contributed by atoms with E-state index in [9.17, 15) is 9.00 Å². The average Bonchev–Trinajstić information content (AvgIpc) is 3.66. The van der Waals surface area contributed by atoms with Gasteiger partial charge in [-0.3, -0.25) is 4.79 Å². The van der Waals surface area contributed by atoms with Crippen LogP contribution < -0.4 is 24.8 Å². The third kappa shape index (κ3) is 9.10. The monoisotopic (exact) mass is 863 g/mol. The van der Waals surface area contributed by atoms with Crippen LogP contribution >= 0.6 is 34.5 Å². The van der Waals surface area contributed by atoms with Crippen molar-refractivity contribution >= 4 is 56.6 Å². The maximum Gasteiger partial charge on any atom is 0.238 e. The van der Waals surface area contributed by atoms with E-state index in [0.29, 0.717) is 80.5 Å². The Balaban J connectivity index is 0.954. The molecule has 6 aromatic rings. The van der Waals surface area contributed by atoms with Crippen molar-refractivity contribution in [3.05, 3.63) is 152 Å². The third-order valence-corrected chi connectivity index (χ3v) is 14.1. The predicted molar refractivity (Wildman–Crippen MR) is 232 cm³/mol. The van der Waals surface area contributed by atoms with Crippen molar-refractivity contribution in [3.8, 4) is 34.4 Å². The number of aryl methyl sites for hydroxylation is 1. The molecule has 0 saturated carbocycles. The molecule has 5 aromatic carbocycles. The molecule has 0 saturated heterocycles. The lowest BCUT2D eigenvalue weighted by Crippen LogP contribution is -2.51. The number of benzene rings is 5. The van der Waals surface area contributed by atoms with E-state index in [-0.39, 0.29) is 18.6 Å². The molecule has 0 bridgehead atoms. The highest BCUT2D eigenvalue weighted by atomic mass is 35.5. The molecule has 8 rings (SSSR count). The molecule has 1 aromatic heterocycles. The van der Waals surface area contributed by atoms with Gasteiger partial charge in [0.2, 0.25) is 5.91 Å². The number of thiazole rings is 1. The first-order valence-corrected chi connectivity index (χ1v) is 21.7. The number of nitrogens with one attached hydrogen (secondary N) is 2. The van der Waals surface area contributed by atoms with E-state index in [1.54, 1.807) is 35.6 Å². The number of carbonyl (C=O) groups excluding carboxylic acids is 1. The van der Waals surface area contributed by atoms with Gasteiger partial charge in [0.25, 0.3) is 0 Å². The molecule has 10 nitrogen and oxygen atoms in total. The summed E-state index contributed by atoms with van der Waals surface area (Å²) in [6.07, 6.45) is 0.607. The van der Waals surface area contributed by atoms with Crippen LogP contribution in [0, 0.1) is 18.3 Å². The first-order valence-electron chi connectivity index (χ1n) is 19.0. The van der Waals surface area contributed by atoms with Gasteiger partial charge in [0.15, 0.2) is 22.7 Å². The zero-order valence-corrected chi connectivity index (χ0v) is 35.3. The molecule has 3 atom stereocenters. The van der Waals surface area contributed by atoms with Crippen LogP contribution in [0.4, 0.5) is 5.13 Å². The van der Waals surface area contributed by atoms with E-state index in [0.717, 1.165) is 38.9 Å². The Kier molecular flexibility index (Phi) is 12.2. The predicted octanol–water partition coefficient (Wildman–Crippen LogP) is 9.24. The molecular formula is C45H39Cl2N5O5S2. The van der Waals surface area contributed by atoms with Crippen molar-refractivity contribution in [2.75, 3.05) is 25.5 Å². The van der Waals surface area contributed by atoms with E-state index >= 15 is 0 Å². The van der Waals surface area contributed by atoms with Crippen LogP contribution in [0.15, 0.2) is 107 Å². The van der Waals surface area contributed by atoms with Crippen molar-refractivity contribution in [1.29, 1.82) is 5.26 Å². The fraction of sp³-hybridized carbons (Fsp3) is 0.222. The zero-order valence-electron chi connectivity index (χ0n) is 32.2. The number of hydrogen-bond acceptors (Lipinski definition) is 9. The number of hydrogen-bond donors (Lipinski definition) is 2. The number of nitriles is 1. The largest absolute Gasteiger partial charge is 0.489 e. The molecule has 0 fully saturated rings. The number of halogens is 2. The molecule has 0 spiro atoms. The molecule has 300 valence electrons. The molecular weight excluding hydrogens is 826 g/mol. The lowest BCUT2D eigenvalue weighted by atomic mass is 9.94. The van der Waals surface area contributed by atoms with Gasteiger partial charge >= 0.3 is 0 Å². The lowest BCUT2D eigenvalue weighted by molar-refractivity contribution is -0.125. The maximum absolute atomic E-state index is 14.4. The van der Waals surface area contributed by atoms with Gasteiger partial charge in [-0.25, -0.2) is 13.5 Å². The first-order chi connectivity index (χ1) is 28.6. The van der Waals surface area contributed by atoms with Crippen molar-refractivity contribution in [1.82, 2.24) is 14.6 Å². The maximum atomic E-state index is 14.4. The van der Waals surface area contributed by atoms with Gasteiger partial charge < -0.3 is 24.8 Å². The smallest absolute Gasteiger partial charge is 0.238 e. The van der Waals surface area contributed by atoms with Gasteiger partial charge in [0.1, 0.15) is 40.2 Å². The van der Waals surface area contributed by atoms with E-state index < -0.39 is 17.0 Å². The van der Waals surface area contributed by atoms with Gasteiger partial charge in [0, 0.05) is 20.1 Å². The van der Waals surface area contributed by atoms with Crippen LogP contribution in [0.5, 0.6) is 17.2 Å². The minimum Gasteiger partial charge on any atom is -0.489 e. The minimum absolute atomic E-state index is 0.200. The highest BCUT2D eigenvalue weighted by molar-refractivity contribution is 7.85. The topological polar surface area (TPSA) is 126 Å². The van der Waals surface area contributed by atoms with Crippen LogP contribution in [0.25, 0.3) is 11.1 Å². The van der Waals surface area contributed by atoms with Crippen LogP contribution in [-0.2, 0) is 41.8 Å². The molecule has 0 aliphatic carbocycles. The SMILES string of the molecule is CNc1nc(C)c(S(=O)N2Cc3cc4c(cc3CC2C(=O)NCCc2ccc(-c3ccc(C#N)cc3)cc2)OC[C@@H](c2ccc(OCc3ccc(Cl)c(Cl)c3)cc2)O4)s1. The van der Waals surface area contributed by atoms with Gasteiger partial charge in [-0.15, -0.1) is 0 Å². The number of rotatable bonds is 12. The normalized spacial score (nSPS) is 16.4. The van der Waals surface area contributed by atoms with Crippen molar-refractivity contribution in [3.63, 3.8) is 0 Å². The molecule has 2 unspecified atom stereocenters. The molecule has 3 heterocycles. The summed E-state index contributed by atoms with van der Waals surface area (Å²) in [6.45, 7) is 3.16. The highest BCUT2D eigenvalue weighted by Gasteiger charge is 2.38. The third-order valence-electron chi connectivity index (χ3n) is 10.3. The Hall–Kier alpha value is -5.42. The number of amides is 1. The summed E-state index contributed by atoms with van der Waals surface area (Å²) < 4.78 is 35.5. The quantitative estimate of drug-likeness (QED) is 0.125. The summed E-state index contributed by atoms with van der Waals surface area (Å²) in [7, 11) is 0.109. The Morgan fingerprint density at radius 1 is 0.949 bits per heavy atom. The summed E-state index contributed by atoms with van der Waals surface area (Å²) in [4.78, 5) is 18.6. The Bertz CT molecular complexity index is 2560. The molecule has 1 amide bonds. The second kappa shape index (κ2) is 17.8. The molecule has 2 N–H and O–H groups in total. The number of fused-ring (bicyclic) bond motifs is 2. The number of nitrogens with zero attached hydrogens (tertiary/aromatic N) is 3. The van der Waals surface area contributed by atoms with Crippen LogP contribution in [0.1, 0.15) is 45.2 Å². The summed E-state index contributed by atoms with van der Waals surface area (Å²) in [5.74, 6) is 1.70. The Labute approximate surface area is 359 Å². The van der Waals surface area contributed by atoms with Gasteiger partial charge in [0.05, 0.1) is 27.4 Å². The lowest BCUT2D eigenvalue weighted by Gasteiger charge is -2.36. The Morgan fingerprint density at radius 3 is 2.36 bits per heavy atom. The molecule has 14 heteroatoms. The summed E-state index contributed by atoms with van der Waals surface area (Å²) >= 11 is 13.5.